The number of anilines is 2. The molecule has 0 unspecified atom stereocenters. The van der Waals surface area contributed by atoms with E-state index in [1.165, 1.54) is 0 Å². The summed E-state index contributed by atoms with van der Waals surface area (Å²) in [5.41, 5.74) is 1.93. The third-order valence-electron chi connectivity index (χ3n) is 4.00. The number of ether oxygens (including phenoxy) is 3. The summed E-state index contributed by atoms with van der Waals surface area (Å²) in [4.78, 5) is 11.0. The maximum atomic E-state index is 6.11. The van der Waals surface area contributed by atoms with Gasteiger partial charge in [-0.15, -0.1) is 0 Å². The first kappa shape index (κ1) is 15.3. The molecular weight excluding hydrogens is 318 g/mol. The van der Waals surface area contributed by atoms with Crippen LogP contribution in [-0.4, -0.2) is 24.2 Å². The molecule has 2 aromatic carbocycles. The van der Waals surface area contributed by atoms with E-state index >= 15 is 0 Å². The summed E-state index contributed by atoms with van der Waals surface area (Å²) in [7, 11) is 3.14. The Bertz CT molecular complexity index is 892. The van der Waals surface area contributed by atoms with Crippen molar-refractivity contribution in [2.45, 2.75) is 6.54 Å². The van der Waals surface area contributed by atoms with Gasteiger partial charge in [-0.1, -0.05) is 30.3 Å². The van der Waals surface area contributed by atoms with E-state index in [1.54, 1.807) is 20.3 Å². The predicted octanol–water partition coefficient (Wildman–Crippen LogP) is 3.94. The van der Waals surface area contributed by atoms with Gasteiger partial charge in [0.05, 0.1) is 32.5 Å². The number of hydrogen-bond donors (Lipinski definition) is 0. The molecule has 0 fully saturated rings. The Morgan fingerprint density at radius 3 is 2.24 bits per heavy atom. The van der Waals surface area contributed by atoms with Crippen molar-refractivity contribution in [2.24, 2.45) is 0 Å². The topological polar surface area (TPSA) is 56.7 Å². The lowest BCUT2D eigenvalue weighted by atomic mass is 10.2. The second-order valence-corrected chi connectivity index (χ2v) is 5.52. The zero-order valence-electron chi connectivity index (χ0n) is 14.0. The molecule has 1 aliphatic rings. The van der Waals surface area contributed by atoms with Crippen molar-refractivity contribution < 1.29 is 14.2 Å². The molecule has 0 bridgehead atoms. The van der Waals surface area contributed by atoms with Gasteiger partial charge in [0.25, 0.3) is 0 Å². The number of para-hydroxylation sites is 3. The van der Waals surface area contributed by atoms with E-state index in [0.717, 1.165) is 22.7 Å². The number of rotatable bonds is 3. The van der Waals surface area contributed by atoms with Gasteiger partial charge in [0.2, 0.25) is 17.7 Å². The molecule has 0 saturated carbocycles. The third kappa shape index (κ3) is 2.82. The monoisotopic (exact) mass is 335 g/mol. The standard InChI is InChI=1S/C19H17N3O3/c1-23-17-11-18(24-2)21-19(20-17)22-12-13-7-3-5-9-15(13)25-16-10-6-4-8-14(16)22/h3-11H,12H2,1-2H3. The van der Waals surface area contributed by atoms with Gasteiger partial charge in [-0.05, 0) is 18.2 Å². The van der Waals surface area contributed by atoms with E-state index in [1.807, 2.05) is 53.4 Å². The largest absolute Gasteiger partial charge is 0.481 e. The van der Waals surface area contributed by atoms with E-state index in [-0.39, 0.29) is 0 Å². The van der Waals surface area contributed by atoms with E-state index in [2.05, 4.69) is 9.97 Å². The van der Waals surface area contributed by atoms with Gasteiger partial charge in [-0.2, -0.15) is 9.97 Å². The molecule has 0 N–H and O–H groups in total. The van der Waals surface area contributed by atoms with Crippen LogP contribution in [-0.2, 0) is 6.54 Å². The predicted molar refractivity (Wildman–Crippen MR) is 93.9 cm³/mol. The average Bonchev–Trinajstić information content (AvgIpc) is 2.84. The van der Waals surface area contributed by atoms with Gasteiger partial charge < -0.3 is 19.1 Å². The molecule has 1 aromatic heterocycles. The maximum absolute atomic E-state index is 6.11. The average molecular weight is 335 g/mol. The van der Waals surface area contributed by atoms with E-state index < -0.39 is 0 Å². The number of fused-ring (bicyclic) bond motifs is 2. The van der Waals surface area contributed by atoms with Crippen LogP contribution in [0, 0.1) is 0 Å². The minimum Gasteiger partial charge on any atom is -0.481 e. The molecule has 2 heterocycles. The van der Waals surface area contributed by atoms with Crippen molar-refractivity contribution in [3.05, 3.63) is 60.2 Å². The van der Waals surface area contributed by atoms with Crippen molar-refractivity contribution >= 4 is 11.6 Å². The SMILES string of the molecule is COc1cc(OC)nc(N2Cc3ccccc3Oc3ccccc32)n1. The van der Waals surface area contributed by atoms with Crippen molar-refractivity contribution in [3.8, 4) is 23.3 Å². The quantitative estimate of drug-likeness (QED) is 0.723. The minimum absolute atomic E-state index is 0.442. The molecule has 25 heavy (non-hydrogen) atoms. The molecular formula is C19H17N3O3. The van der Waals surface area contributed by atoms with Crippen LogP contribution < -0.4 is 19.1 Å². The number of aromatic nitrogens is 2. The summed E-state index contributed by atoms with van der Waals surface area (Å²) in [6, 6.07) is 17.4. The van der Waals surface area contributed by atoms with Gasteiger partial charge in [0.1, 0.15) is 5.75 Å². The zero-order valence-corrected chi connectivity index (χ0v) is 14.0. The molecule has 0 saturated heterocycles. The first-order valence-electron chi connectivity index (χ1n) is 7.88. The van der Waals surface area contributed by atoms with Crippen LogP contribution in [0.3, 0.4) is 0 Å². The summed E-state index contributed by atoms with van der Waals surface area (Å²) in [5, 5.41) is 0. The minimum atomic E-state index is 0.442. The lowest BCUT2D eigenvalue weighted by Crippen LogP contribution is -2.18. The van der Waals surface area contributed by atoms with Crippen molar-refractivity contribution in [1.29, 1.82) is 0 Å². The molecule has 0 aliphatic carbocycles. The maximum Gasteiger partial charge on any atom is 0.236 e. The highest BCUT2D eigenvalue weighted by Gasteiger charge is 2.24. The fraction of sp³-hybridized carbons (Fsp3) is 0.158. The summed E-state index contributed by atoms with van der Waals surface area (Å²) in [5.74, 6) is 2.95. The van der Waals surface area contributed by atoms with Gasteiger partial charge in [-0.3, -0.25) is 0 Å². The summed E-state index contributed by atoms with van der Waals surface area (Å²) < 4.78 is 16.7. The van der Waals surface area contributed by atoms with Crippen molar-refractivity contribution in [1.82, 2.24) is 9.97 Å². The van der Waals surface area contributed by atoms with E-state index in [0.29, 0.717) is 24.3 Å². The van der Waals surface area contributed by atoms with Crippen LogP contribution in [0.5, 0.6) is 23.3 Å². The van der Waals surface area contributed by atoms with Gasteiger partial charge in [-0.25, -0.2) is 0 Å². The number of methoxy groups -OCH3 is 2. The van der Waals surface area contributed by atoms with E-state index in [4.69, 9.17) is 14.2 Å². The second kappa shape index (κ2) is 6.32. The molecule has 1 aliphatic heterocycles. The Morgan fingerprint density at radius 1 is 0.880 bits per heavy atom. The molecule has 6 heteroatoms. The third-order valence-corrected chi connectivity index (χ3v) is 4.00. The smallest absolute Gasteiger partial charge is 0.236 e. The van der Waals surface area contributed by atoms with Crippen molar-refractivity contribution in [3.63, 3.8) is 0 Å². The Morgan fingerprint density at radius 2 is 1.52 bits per heavy atom. The molecule has 0 spiro atoms. The molecule has 0 amide bonds. The zero-order chi connectivity index (χ0) is 17.2. The molecule has 126 valence electrons. The van der Waals surface area contributed by atoms with Crippen LogP contribution in [0.2, 0.25) is 0 Å². The molecule has 6 nitrogen and oxygen atoms in total. The fourth-order valence-electron chi connectivity index (χ4n) is 2.78. The Balaban J connectivity index is 1.89. The Hall–Kier alpha value is -3.28. The highest BCUT2D eigenvalue weighted by Crippen LogP contribution is 2.41. The Kier molecular flexibility index (Phi) is 3.85. The van der Waals surface area contributed by atoms with E-state index in [9.17, 15) is 0 Å². The lowest BCUT2D eigenvalue weighted by molar-refractivity contribution is 0.372. The summed E-state index contributed by atoms with van der Waals surface area (Å²) in [6.07, 6.45) is 0. The first-order valence-corrected chi connectivity index (χ1v) is 7.88. The van der Waals surface area contributed by atoms with Gasteiger partial charge in [0.15, 0.2) is 5.75 Å². The Labute approximate surface area is 145 Å². The van der Waals surface area contributed by atoms with Crippen molar-refractivity contribution in [2.75, 3.05) is 19.1 Å². The van der Waals surface area contributed by atoms with Crippen LogP contribution in [0.25, 0.3) is 0 Å². The molecule has 3 aromatic rings. The van der Waals surface area contributed by atoms with Gasteiger partial charge >= 0.3 is 0 Å². The number of nitrogens with zero attached hydrogens (tertiary/aromatic N) is 3. The molecule has 4 rings (SSSR count). The van der Waals surface area contributed by atoms with Crippen LogP contribution in [0.15, 0.2) is 54.6 Å². The van der Waals surface area contributed by atoms with Crippen LogP contribution in [0.4, 0.5) is 11.6 Å². The summed E-state index contributed by atoms with van der Waals surface area (Å²) in [6.45, 7) is 0.573. The summed E-state index contributed by atoms with van der Waals surface area (Å²) >= 11 is 0. The molecule has 0 atom stereocenters. The van der Waals surface area contributed by atoms with Gasteiger partial charge in [0, 0.05) is 5.56 Å². The first-order chi connectivity index (χ1) is 12.3. The van der Waals surface area contributed by atoms with Crippen LogP contribution in [0.1, 0.15) is 5.56 Å². The van der Waals surface area contributed by atoms with Crippen LogP contribution >= 0.6 is 0 Å². The second-order valence-electron chi connectivity index (χ2n) is 5.52. The lowest BCUT2D eigenvalue weighted by Gasteiger charge is -2.22. The molecule has 0 radical (unpaired) electrons. The number of hydrogen-bond acceptors (Lipinski definition) is 6. The highest BCUT2D eigenvalue weighted by atomic mass is 16.5. The normalized spacial score (nSPS) is 12.5. The highest BCUT2D eigenvalue weighted by molar-refractivity contribution is 5.68. The fourth-order valence-corrected chi connectivity index (χ4v) is 2.78. The number of benzene rings is 2.